The van der Waals surface area contributed by atoms with Crippen LogP contribution in [0.3, 0.4) is 0 Å². The summed E-state index contributed by atoms with van der Waals surface area (Å²) in [5.74, 6) is -0.936. The minimum absolute atomic E-state index is 0.00777. The number of aryl methyl sites for hydroxylation is 6. The number of carbonyl (C=O) groups is 3. The SMILES string of the molecule is COC1CC(n2cc(/C=C/C(=O)NCCN(CCNC(=O)CN3/C(=C/c4cc[n+](C)c5ccc(Cl)cc45)Sc4cc(C)c(C)cc43)CCNC(=O)CN3/C(=C/c4cc[n+](C)c5ccc(Cl)cc45)Sc4cc(C)c(C)cc43)c(=O)[nH]c2=O)OC1COP(C)(=O)O. The quantitative estimate of drug-likeness (QED) is 0.0246. The van der Waals surface area contributed by atoms with Crippen molar-refractivity contribution in [2.45, 2.75) is 62.3 Å². The summed E-state index contributed by atoms with van der Waals surface area (Å²) < 4.78 is 33.6. The number of hydrogen-bond acceptors (Lipinski definition) is 14. The van der Waals surface area contributed by atoms with Crippen LogP contribution in [0.15, 0.2) is 127 Å². The second-order valence-corrected chi connectivity index (χ2v) is 27.3. The normalized spacial score (nSPS) is 18.0. The van der Waals surface area contributed by atoms with E-state index in [9.17, 15) is 33.4 Å². The van der Waals surface area contributed by atoms with Crippen LogP contribution in [0.1, 0.15) is 51.6 Å². The summed E-state index contributed by atoms with van der Waals surface area (Å²) >= 11 is 16.3. The molecular weight excluding hydrogens is 1230 g/mol. The molecule has 89 heavy (non-hydrogen) atoms. The zero-order valence-corrected chi connectivity index (χ0v) is 54.6. The lowest BCUT2D eigenvalue weighted by atomic mass is 10.1. The Morgan fingerprint density at radius 1 is 0.753 bits per heavy atom. The molecule has 4 unspecified atom stereocenters. The molecule has 4 atom stereocenters. The third-order valence-electron chi connectivity index (χ3n) is 16.0. The maximum Gasteiger partial charge on any atom is 0.330 e. The standard InChI is InChI=1S/C64H69Cl2N10O10PS2/c1-38-25-51-55(27-40(38)3)88-61(29-42-15-20-71(5)49-12-10-45(65)31-47(42)49)74(51)35-58(78)68-18-23-73(22-17-67-57(77)14-9-44-34-76(64(81)70-63(44)80)60-33-53(84-7)54(86-60)37-85-87(8,82)83)24-19-69-59(79)36-75-52-26-39(2)41(4)28-56(52)89-62(75)30-43-16-21-72(6)50-13-11-46(66)32-48(43)50/h9-16,20-21,25-32,34,53-54,60H,17-19,22-24,33,35-37H2,1-8H3,(H3-2,67,68,69,70,77,78,79,80,81,82,83)/p+2/b14-9+. The van der Waals surface area contributed by atoms with Crippen molar-refractivity contribution in [1.82, 2.24) is 30.4 Å². The van der Waals surface area contributed by atoms with Gasteiger partial charge in [-0.2, -0.15) is 0 Å². The van der Waals surface area contributed by atoms with E-state index in [4.69, 9.17) is 37.2 Å². The predicted octanol–water partition coefficient (Wildman–Crippen LogP) is 8.05. The largest absolute Gasteiger partial charge is 0.378 e. The summed E-state index contributed by atoms with van der Waals surface area (Å²) in [6.45, 7) is 10.8. The van der Waals surface area contributed by atoms with Crippen molar-refractivity contribution in [3.8, 4) is 0 Å². The minimum atomic E-state index is -3.83. The van der Waals surface area contributed by atoms with Gasteiger partial charge in [0.15, 0.2) is 12.4 Å². The molecule has 4 aromatic carbocycles. The van der Waals surface area contributed by atoms with Gasteiger partial charge < -0.3 is 44.6 Å². The van der Waals surface area contributed by atoms with E-state index < -0.39 is 43.2 Å². The predicted molar refractivity (Wildman–Crippen MR) is 351 cm³/mol. The van der Waals surface area contributed by atoms with Crippen LogP contribution in [-0.4, -0.2) is 122 Å². The molecule has 10 rings (SSSR count). The Bertz CT molecular complexity index is 4020. The molecule has 0 bridgehead atoms. The lowest BCUT2D eigenvalue weighted by Gasteiger charge is -2.25. The molecule has 0 spiro atoms. The summed E-state index contributed by atoms with van der Waals surface area (Å²) in [7, 11) is 1.58. The molecule has 0 aliphatic carbocycles. The fraction of sp³-hybridized carbons (Fsp3) is 0.328. The van der Waals surface area contributed by atoms with Crippen molar-refractivity contribution in [1.29, 1.82) is 0 Å². The zero-order valence-electron chi connectivity index (χ0n) is 50.6. The van der Waals surface area contributed by atoms with Gasteiger partial charge in [0.2, 0.25) is 28.8 Å². The number of amides is 3. The molecule has 0 radical (unpaired) electrons. The van der Waals surface area contributed by atoms with Gasteiger partial charge in [0.1, 0.15) is 39.5 Å². The smallest absolute Gasteiger partial charge is 0.330 e. The highest BCUT2D eigenvalue weighted by atomic mass is 35.5. The number of fused-ring (bicyclic) bond motifs is 4. The first kappa shape index (κ1) is 64.9. The number of thioether (sulfide) groups is 2. The Morgan fingerprint density at radius 2 is 1.25 bits per heavy atom. The number of hydrogen-bond donors (Lipinski definition) is 5. The lowest BCUT2D eigenvalue weighted by molar-refractivity contribution is -0.645. The van der Waals surface area contributed by atoms with Gasteiger partial charge >= 0.3 is 13.3 Å². The van der Waals surface area contributed by atoms with E-state index in [1.807, 2.05) is 98.9 Å². The highest BCUT2D eigenvalue weighted by molar-refractivity contribution is 8.04. The van der Waals surface area contributed by atoms with E-state index in [-0.39, 0.29) is 63.1 Å². The number of methoxy groups -OCH3 is 1. The van der Waals surface area contributed by atoms with Crippen LogP contribution in [0.5, 0.6) is 0 Å². The number of carbonyl (C=O) groups excluding carboxylic acids is 3. The highest BCUT2D eigenvalue weighted by Gasteiger charge is 2.38. The first-order chi connectivity index (χ1) is 42.5. The van der Waals surface area contributed by atoms with Gasteiger partial charge in [-0.3, -0.25) is 38.2 Å². The molecular formula is C64H71Cl2N10O10PS2+2. The number of ether oxygens (including phenoxy) is 2. The molecule has 7 aromatic rings. The summed E-state index contributed by atoms with van der Waals surface area (Å²) in [5, 5.41) is 14.1. The highest BCUT2D eigenvalue weighted by Crippen LogP contribution is 2.49. The Labute approximate surface area is 534 Å². The van der Waals surface area contributed by atoms with Gasteiger partial charge in [-0.1, -0.05) is 46.7 Å². The monoisotopic (exact) mass is 1300 g/mol. The summed E-state index contributed by atoms with van der Waals surface area (Å²) in [5.41, 5.74) is 8.80. The second kappa shape index (κ2) is 28.0. The third-order valence-corrected chi connectivity index (χ3v) is 19.3. The molecule has 3 amide bonds. The zero-order chi connectivity index (χ0) is 63.4. The first-order valence-corrected chi connectivity index (χ1v) is 33.3. The van der Waals surface area contributed by atoms with E-state index >= 15 is 0 Å². The van der Waals surface area contributed by atoms with Crippen molar-refractivity contribution in [3.63, 3.8) is 0 Å². The Hall–Kier alpha value is -7.08. The van der Waals surface area contributed by atoms with Crippen molar-refractivity contribution in [2.24, 2.45) is 14.1 Å². The van der Waals surface area contributed by atoms with Crippen LogP contribution in [0.2, 0.25) is 10.0 Å². The molecule has 3 aliphatic heterocycles. The van der Waals surface area contributed by atoms with Gasteiger partial charge in [0, 0.05) is 116 Å². The molecule has 6 heterocycles. The van der Waals surface area contributed by atoms with Crippen LogP contribution >= 0.6 is 54.3 Å². The second-order valence-electron chi connectivity index (χ2n) is 22.4. The average Bonchev–Trinajstić information content (AvgIpc) is 1.81. The molecule has 3 aromatic heterocycles. The minimum Gasteiger partial charge on any atom is -0.378 e. The molecule has 20 nitrogen and oxygen atoms in total. The molecule has 0 saturated carbocycles. The number of anilines is 2. The van der Waals surface area contributed by atoms with Crippen LogP contribution in [0, 0.1) is 27.7 Å². The van der Waals surface area contributed by atoms with E-state index in [2.05, 4.69) is 85.0 Å². The number of nitrogens with one attached hydrogen (secondary N) is 4. The maximum absolute atomic E-state index is 14.2. The Balaban J connectivity index is 0.832. The van der Waals surface area contributed by atoms with Gasteiger partial charge in [0.25, 0.3) is 5.56 Å². The fourth-order valence-corrected chi connectivity index (χ4v) is 14.1. The van der Waals surface area contributed by atoms with Crippen molar-refractivity contribution >= 4 is 123 Å². The van der Waals surface area contributed by atoms with Crippen molar-refractivity contribution in [3.05, 3.63) is 177 Å². The Morgan fingerprint density at radius 3 is 1.74 bits per heavy atom. The van der Waals surface area contributed by atoms with Gasteiger partial charge in [-0.15, -0.1) is 0 Å². The fourth-order valence-electron chi connectivity index (χ4n) is 10.9. The number of halogens is 2. The summed E-state index contributed by atoms with van der Waals surface area (Å²) in [6, 6.07) is 24.3. The van der Waals surface area contributed by atoms with E-state index in [1.165, 1.54) is 25.5 Å². The van der Waals surface area contributed by atoms with Gasteiger partial charge in [-0.05, 0) is 128 Å². The van der Waals surface area contributed by atoms with Gasteiger partial charge in [-0.25, -0.2) is 13.9 Å². The van der Waals surface area contributed by atoms with Crippen LogP contribution in [0.4, 0.5) is 11.4 Å². The average molecular weight is 1310 g/mol. The van der Waals surface area contributed by atoms with E-state index in [0.717, 1.165) is 97.6 Å². The molecule has 5 N–H and O–H groups in total. The molecule has 25 heteroatoms. The molecule has 3 aliphatic rings. The summed E-state index contributed by atoms with van der Waals surface area (Å²) in [6.07, 6.45) is 9.83. The number of aromatic amines is 1. The topological polar surface area (TPSA) is 225 Å². The molecule has 1 saturated heterocycles. The number of pyridine rings is 2. The van der Waals surface area contributed by atoms with Gasteiger partial charge in [0.05, 0.1) is 50.5 Å². The number of rotatable bonds is 22. The molecule has 1 fully saturated rings. The van der Waals surface area contributed by atoms with E-state index in [1.54, 1.807) is 23.5 Å². The van der Waals surface area contributed by atoms with Crippen LogP contribution in [-0.2, 0) is 47.0 Å². The first-order valence-electron chi connectivity index (χ1n) is 28.9. The lowest BCUT2D eigenvalue weighted by Crippen LogP contribution is -2.45. The summed E-state index contributed by atoms with van der Waals surface area (Å²) in [4.78, 5) is 87.9. The van der Waals surface area contributed by atoms with Crippen molar-refractivity contribution in [2.75, 3.05) is 82.5 Å². The van der Waals surface area contributed by atoms with Crippen LogP contribution < -0.4 is 46.1 Å². The number of H-pyrrole nitrogens is 1. The number of nitrogens with zero attached hydrogens (tertiary/aromatic N) is 6. The number of benzene rings is 4. The van der Waals surface area contributed by atoms with E-state index in [0.29, 0.717) is 29.7 Å². The third kappa shape index (κ3) is 15.6. The number of aromatic nitrogens is 4. The van der Waals surface area contributed by atoms with Crippen LogP contribution in [0.25, 0.3) is 40.0 Å². The molecule has 466 valence electrons. The van der Waals surface area contributed by atoms with Crippen molar-refractivity contribution < 1.29 is 47.0 Å². The Kier molecular flexibility index (Phi) is 20.4. The maximum atomic E-state index is 14.2.